The van der Waals surface area contributed by atoms with E-state index < -0.39 is 11.7 Å². The number of hydrogen-bond acceptors (Lipinski definition) is 6. The van der Waals surface area contributed by atoms with E-state index in [1.165, 1.54) is 0 Å². The fourth-order valence-electron chi connectivity index (χ4n) is 3.79. The van der Waals surface area contributed by atoms with Crippen LogP contribution in [0.4, 0.5) is 5.82 Å². The van der Waals surface area contributed by atoms with Crippen molar-refractivity contribution in [2.75, 3.05) is 11.9 Å². The van der Waals surface area contributed by atoms with Crippen LogP contribution in [0.3, 0.4) is 0 Å². The van der Waals surface area contributed by atoms with Crippen LogP contribution in [0.15, 0.2) is 41.1 Å². The largest absolute Gasteiger partial charge is 0.467 e. The topological polar surface area (TPSA) is 117 Å². The summed E-state index contributed by atoms with van der Waals surface area (Å²) in [6.07, 6.45) is 4.27. The van der Waals surface area contributed by atoms with Gasteiger partial charge >= 0.3 is 0 Å². The fourth-order valence-corrected chi connectivity index (χ4v) is 3.79. The van der Waals surface area contributed by atoms with Gasteiger partial charge in [0.05, 0.1) is 18.4 Å². The van der Waals surface area contributed by atoms with Crippen molar-refractivity contribution >= 4 is 23.5 Å². The van der Waals surface area contributed by atoms with E-state index in [-0.39, 0.29) is 30.7 Å². The minimum Gasteiger partial charge on any atom is -0.467 e. The first-order valence-electron chi connectivity index (χ1n) is 9.63. The highest BCUT2D eigenvalue weighted by atomic mass is 16.3. The second-order valence-electron chi connectivity index (χ2n) is 7.37. The van der Waals surface area contributed by atoms with E-state index in [1.54, 1.807) is 48.5 Å². The lowest BCUT2D eigenvalue weighted by Crippen LogP contribution is -2.58. The van der Waals surface area contributed by atoms with Gasteiger partial charge < -0.3 is 25.3 Å². The summed E-state index contributed by atoms with van der Waals surface area (Å²) < 4.78 is 5.21. The molecule has 2 unspecified atom stereocenters. The summed E-state index contributed by atoms with van der Waals surface area (Å²) in [5.41, 5.74) is -0.274. The third-order valence-corrected chi connectivity index (χ3v) is 5.49. The lowest BCUT2D eigenvalue weighted by Gasteiger charge is -2.39. The van der Waals surface area contributed by atoms with Gasteiger partial charge in [0.15, 0.2) is 0 Å². The molecule has 0 radical (unpaired) electrons. The first-order chi connectivity index (χ1) is 14.0. The van der Waals surface area contributed by atoms with Crippen molar-refractivity contribution in [3.8, 4) is 0 Å². The van der Waals surface area contributed by atoms with Gasteiger partial charge in [0.2, 0.25) is 11.8 Å². The zero-order valence-corrected chi connectivity index (χ0v) is 16.1. The summed E-state index contributed by atoms with van der Waals surface area (Å²) in [4.78, 5) is 43.6. The minimum atomic E-state index is -0.757. The summed E-state index contributed by atoms with van der Waals surface area (Å²) in [7, 11) is 0. The van der Waals surface area contributed by atoms with Gasteiger partial charge in [0.1, 0.15) is 23.3 Å². The molecule has 0 aromatic carbocycles. The van der Waals surface area contributed by atoms with Crippen LogP contribution in [0.25, 0.3) is 0 Å². The Morgan fingerprint density at radius 1 is 1.31 bits per heavy atom. The summed E-state index contributed by atoms with van der Waals surface area (Å²) in [5, 5.41) is 9.09. The van der Waals surface area contributed by atoms with Crippen molar-refractivity contribution in [1.29, 1.82) is 0 Å². The SMILES string of the molecule is CC(C(=O)NCc1ccco1)N1CCC2(CCC1=O)NC(=O)c1cccnc1N2. The van der Waals surface area contributed by atoms with Crippen molar-refractivity contribution in [3.05, 3.63) is 48.0 Å². The average molecular weight is 397 g/mol. The highest BCUT2D eigenvalue weighted by Gasteiger charge is 2.42. The number of nitrogens with one attached hydrogen (secondary N) is 3. The van der Waals surface area contributed by atoms with E-state index in [0.717, 1.165) is 0 Å². The second-order valence-corrected chi connectivity index (χ2v) is 7.37. The number of anilines is 1. The highest BCUT2D eigenvalue weighted by Crippen LogP contribution is 2.30. The normalized spacial score (nSPS) is 22.3. The van der Waals surface area contributed by atoms with Gasteiger partial charge in [-0.15, -0.1) is 0 Å². The molecule has 2 atom stereocenters. The Hall–Kier alpha value is -3.36. The molecule has 4 rings (SSSR count). The molecule has 3 N–H and O–H groups in total. The molecular weight excluding hydrogens is 374 g/mol. The molecule has 2 aliphatic heterocycles. The number of furan rings is 1. The molecular formula is C20H23N5O4. The Bertz CT molecular complexity index is 929. The number of likely N-dealkylation sites (tertiary alicyclic amines) is 1. The van der Waals surface area contributed by atoms with Gasteiger partial charge in [-0.25, -0.2) is 4.98 Å². The molecule has 152 valence electrons. The molecule has 2 aromatic rings. The number of carbonyl (C=O) groups excluding carboxylic acids is 3. The smallest absolute Gasteiger partial charge is 0.256 e. The number of aromatic nitrogens is 1. The van der Waals surface area contributed by atoms with E-state index in [0.29, 0.717) is 36.5 Å². The van der Waals surface area contributed by atoms with Crippen molar-refractivity contribution in [3.63, 3.8) is 0 Å². The van der Waals surface area contributed by atoms with Crippen molar-refractivity contribution in [2.45, 2.75) is 44.4 Å². The van der Waals surface area contributed by atoms with Crippen LogP contribution < -0.4 is 16.0 Å². The van der Waals surface area contributed by atoms with Gasteiger partial charge in [-0.05, 0) is 37.6 Å². The number of carbonyl (C=O) groups is 3. The van der Waals surface area contributed by atoms with Crippen LogP contribution >= 0.6 is 0 Å². The molecule has 0 saturated carbocycles. The maximum atomic E-state index is 12.7. The zero-order chi connectivity index (χ0) is 20.4. The van der Waals surface area contributed by atoms with Gasteiger partial charge in [-0.2, -0.15) is 0 Å². The number of fused-ring (bicyclic) bond motifs is 1. The van der Waals surface area contributed by atoms with E-state index in [9.17, 15) is 14.4 Å². The number of hydrogen-bond donors (Lipinski definition) is 3. The minimum absolute atomic E-state index is 0.120. The quantitative estimate of drug-likeness (QED) is 0.715. The maximum Gasteiger partial charge on any atom is 0.256 e. The third-order valence-electron chi connectivity index (χ3n) is 5.49. The van der Waals surface area contributed by atoms with Gasteiger partial charge in [-0.3, -0.25) is 14.4 Å². The van der Waals surface area contributed by atoms with Gasteiger partial charge in [0, 0.05) is 25.6 Å². The van der Waals surface area contributed by atoms with Crippen LogP contribution in [0, 0.1) is 0 Å². The number of rotatable bonds is 4. The molecule has 9 nitrogen and oxygen atoms in total. The third kappa shape index (κ3) is 3.80. The molecule has 9 heteroatoms. The summed E-state index contributed by atoms with van der Waals surface area (Å²) in [6.45, 7) is 2.31. The molecule has 1 fully saturated rings. The molecule has 2 aliphatic rings. The van der Waals surface area contributed by atoms with E-state index in [2.05, 4.69) is 20.9 Å². The predicted octanol–water partition coefficient (Wildman–Crippen LogP) is 1.24. The Morgan fingerprint density at radius 2 is 2.17 bits per heavy atom. The van der Waals surface area contributed by atoms with Crippen LogP contribution in [0.2, 0.25) is 0 Å². The molecule has 2 aromatic heterocycles. The van der Waals surface area contributed by atoms with Crippen LogP contribution in [-0.2, 0) is 16.1 Å². The summed E-state index contributed by atoms with van der Waals surface area (Å²) in [5.74, 6) is 0.578. The van der Waals surface area contributed by atoms with Crippen LogP contribution in [0.1, 0.15) is 42.3 Å². The lowest BCUT2D eigenvalue weighted by atomic mass is 9.97. The summed E-state index contributed by atoms with van der Waals surface area (Å²) >= 11 is 0. The Morgan fingerprint density at radius 3 is 2.97 bits per heavy atom. The Kier molecular flexibility index (Phi) is 4.96. The number of nitrogens with zero attached hydrogens (tertiary/aromatic N) is 2. The molecule has 4 heterocycles. The lowest BCUT2D eigenvalue weighted by molar-refractivity contribution is -0.139. The number of amides is 3. The maximum absolute atomic E-state index is 12.7. The molecule has 1 saturated heterocycles. The van der Waals surface area contributed by atoms with Crippen molar-refractivity contribution < 1.29 is 18.8 Å². The molecule has 3 amide bonds. The average Bonchev–Trinajstić information content (AvgIpc) is 3.19. The molecule has 1 spiro atoms. The monoisotopic (exact) mass is 397 g/mol. The van der Waals surface area contributed by atoms with Crippen LogP contribution in [0.5, 0.6) is 0 Å². The molecule has 0 bridgehead atoms. The fraction of sp³-hybridized carbons (Fsp3) is 0.400. The first kappa shape index (κ1) is 19.0. The van der Waals surface area contributed by atoms with E-state index >= 15 is 0 Å². The standard InChI is InChI=1S/C20H23N5O4/c1-13(18(27)22-12-14-4-3-11-29-14)25-10-8-20(7-6-16(25)26)23-17-15(19(28)24-20)5-2-9-21-17/h2-5,9,11,13H,6-8,10,12H2,1H3,(H,21,23)(H,22,27)(H,24,28). The second kappa shape index (κ2) is 7.57. The van der Waals surface area contributed by atoms with E-state index in [4.69, 9.17) is 4.42 Å². The molecule has 29 heavy (non-hydrogen) atoms. The Labute approximate surface area is 167 Å². The van der Waals surface area contributed by atoms with Crippen molar-refractivity contribution in [1.82, 2.24) is 20.5 Å². The Balaban J connectivity index is 1.43. The van der Waals surface area contributed by atoms with Crippen molar-refractivity contribution in [2.24, 2.45) is 0 Å². The summed E-state index contributed by atoms with van der Waals surface area (Å²) in [6, 6.07) is 6.31. The van der Waals surface area contributed by atoms with E-state index in [1.807, 2.05) is 0 Å². The van der Waals surface area contributed by atoms with Gasteiger partial charge in [0.25, 0.3) is 5.91 Å². The predicted molar refractivity (Wildman–Crippen MR) is 104 cm³/mol. The first-order valence-corrected chi connectivity index (χ1v) is 9.63. The zero-order valence-electron chi connectivity index (χ0n) is 16.1. The highest BCUT2D eigenvalue weighted by molar-refractivity contribution is 6.01. The van der Waals surface area contributed by atoms with Crippen LogP contribution in [-0.4, -0.2) is 45.9 Å². The number of pyridine rings is 1. The molecule has 0 aliphatic carbocycles. The van der Waals surface area contributed by atoms with Gasteiger partial charge in [-0.1, -0.05) is 0 Å².